The van der Waals surface area contributed by atoms with Crippen LogP contribution in [0.5, 0.6) is 5.75 Å². The van der Waals surface area contributed by atoms with Gasteiger partial charge in [-0.15, -0.1) is 0 Å². The Balaban J connectivity index is 1.35. The number of carbonyl (C=O) groups is 3. The van der Waals surface area contributed by atoms with Crippen LogP contribution < -0.4 is 10.1 Å². The fourth-order valence-electron chi connectivity index (χ4n) is 3.13. The van der Waals surface area contributed by atoms with Crippen LogP contribution in [-0.2, 0) is 16.2 Å². The van der Waals surface area contributed by atoms with E-state index in [0.29, 0.717) is 27.0 Å². The van der Waals surface area contributed by atoms with Gasteiger partial charge in [0.1, 0.15) is 18.9 Å². The molecule has 1 heterocycles. The summed E-state index contributed by atoms with van der Waals surface area (Å²) in [6.45, 7) is -0.0886. The molecule has 1 fully saturated rings. The van der Waals surface area contributed by atoms with Gasteiger partial charge in [-0.1, -0.05) is 57.3 Å². The number of ether oxygens (including phenoxy) is 1. The maximum Gasteiger partial charge on any atom is 0.294 e. The lowest BCUT2D eigenvalue weighted by Crippen LogP contribution is -2.36. The summed E-state index contributed by atoms with van der Waals surface area (Å²) in [6.07, 6.45) is 1.61. The molecular formula is C25H17BrCl2N2O4S. The normalized spacial score (nSPS) is 14.5. The van der Waals surface area contributed by atoms with E-state index in [9.17, 15) is 14.4 Å². The molecule has 0 bridgehead atoms. The fourth-order valence-corrected chi connectivity index (χ4v) is 4.69. The third-order valence-electron chi connectivity index (χ3n) is 4.89. The van der Waals surface area contributed by atoms with Crippen molar-refractivity contribution in [3.8, 4) is 5.75 Å². The first-order chi connectivity index (χ1) is 16.8. The quantitative estimate of drug-likeness (QED) is 0.299. The third-order valence-corrected chi connectivity index (χ3v) is 6.91. The second kappa shape index (κ2) is 11.3. The van der Waals surface area contributed by atoms with Crippen LogP contribution in [-0.4, -0.2) is 28.5 Å². The Labute approximate surface area is 224 Å². The second-order valence-electron chi connectivity index (χ2n) is 7.42. The predicted molar refractivity (Wildman–Crippen MR) is 143 cm³/mol. The number of rotatable bonds is 7. The van der Waals surface area contributed by atoms with E-state index in [1.807, 2.05) is 0 Å². The van der Waals surface area contributed by atoms with E-state index < -0.39 is 17.1 Å². The number of benzene rings is 3. The van der Waals surface area contributed by atoms with Crippen molar-refractivity contribution in [3.63, 3.8) is 0 Å². The van der Waals surface area contributed by atoms with Crippen LogP contribution >= 0.6 is 50.9 Å². The molecule has 1 saturated heterocycles. The van der Waals surface area contributed by atoms with E-state index in [4.69, 9.17) is 27.9 Å². The molecule has 0 spiro atoms. The first kappa shape index (κ1) is 25.3. The van der Waals surface area contributed by atoms with Gasteiger partial charge in [0.05, 0.1) is 4.91 Å². The highest BCUT2D eigenvalue weighted by molar-refractivity contribution is 9.10. The monoisotopic (exact) mass is 590 g/mol. The minimum Gasteiger partial charge on any atom is -0.489 e. The zero-order chi connectivity index (χ0) is 24.9. The maximum atomic E-state index is 12.7. The Hall–Kier alpha value is -2.78. The molecule has 3 aromatic rings. The molecule has 0 aliphatic carbocycles. The van der Waals surface area contributed by atoms with Gasteiger partial charge in [-0.25, -0.2) is 0 Å². The molecule has 35 heavy (non-hydrogen) atoms. The van der Waals surface area contributed by atoms with Crippen LogP contribution in [0.15, 0.2) is 76.1 Å². The lowest BCUT2D eigenvalue weighted by Gasteiger charge is -2.12. The number of hydrogen-bond donors (Lipinski definition) is 1. The van der Waals surface area contributed by atoms with Crippen molar-refractivity contribution in [1.29, 1.82) is 0 Å². The number of imide groups is 1. The van der Waals surface area contributed by atoms with Gasteiger partial charge in [0, 0.05) is 25.8 Å². The van der Waals surface area contributed by atoms with Crippen molar-refractivity contribution in [2.45, 2.75) is 6.61 Å². The number of thioether (sulfide) groups is 1. The van der Waals surface area contributed by atoms with Gasteiger partial charge in [-0.05, 0) is 71.9 Å². The molecule has 1 N–H and O–H groups in total. The van der Waals surface area contributed by atoms with Gasteiger partial charge in [-0.3, -0.25) is 19.3 Å². The highest BCUT2D eigenvalue weighted by Crippen LogP contribution is 2.32. The summed E-state index contributed by atoms with van der Waals surface area (Å²) in [7, 11) is 0. The topological polar surface area (TPSA) is 75.7 Å². The smallest absolute Gasteiger partial charge is 0.294 e. The highest BCUT2D eigenvalue weighted by atomic mass is 79.9. The molecule has 0 atom stereocenters. The molecule has 4 rings (SSSR count). The number of nitrogens with zero attached hydrogens (tertiary/aromatic N) is 1. The van der Waals surface area contributed by atoms with Crippen molar-refractivity contribution < 1.29 is 19.1 Å². The van der Waals surface area contributed by atoms with Crippen LogP contribution in [0, 0.1) is 0 Å². The lowest BCUT2D eigenvalue weighted by molar-refractivity contribution is -0.127. The van der Waals surface area contributed by atoms with Gasteiger partial charge in [-0.2, -0.15) is 0 Å². The van der Waals surface area contributed by atoms with E-state index in [1.54, 1.807) is 72.8 Å². The molecule has 0 unspecified atom stereocenters. The summed E-state index contributed by atoms with van der Waals surface area (Å²) >= 11 is 16.2. The molecule has 6 nitrogen and oxygen atoms in total. The summed E-state index contributed by atoms with van der Waals surface area (Å²) in [5, 5.41) is 3.26. The van der Waals surface area contributed by atoms with Gasteiger partial charge in [0.2, 0.25) is 5.91 Å². The third kappa shape index (κ3) is 6.67. The van der Waals surface area contributed by atoms with E-state index in [1.165, 1.54) is 0 Å². The van der Waals surface area contributed by atoms with E-state index in [2.05, 4.69) is 21.2 Å². The van der Waals surface area contributed by atoms with Gasteiger partial charge in [0.25, 0.3) is 11.1 Å². The first-order valence-electron chi connectivity index (χ1n) is 10.3. The Morgan fingerprint density at radius 3 is 2.43 bits per heavy atom. The summed E-state index contributed by atoms with van der Waals surface area (Å²) in [4.78, 5) is 38.6. The van der Waals surface area contributed by atoms with Gasteiger partial charge in [0.15, 0.2) is 0 Å². The second-order valence-corrected chi connectivity index (χ2v) is 10.2. The van der Waals surface area contributed by atoms with Crippen LogP contribution in [0.2, 0.25) is 10.0 Å². The number of hydrogen-bond acceptors (Lipinski definition) is 5. The first-order valence-corrected chi connectivity index (χ1v) is 12.6. The summed E-state index contributed by atoms with van der Waals surface area (Å²) < 4.78 is 6.63. The predicted octanol–water partition coefficient (Wildman–Crippen LogP) is 7.01. The largest absolute Gasteiger partial charge is 0.489 e. The number of amides is 3. The molecule has 1 aliphatic heterocycles. The van der Waals surface area contributed by atoms with Crippen LogP contribution in [0.25, 0.3) is 6.08 Å². The van der Waals surface area contributed by atoms with E-state index in [-0.39, 0.29) is 18.1 Å². The molecule has 178 valence electrons. The summed E-state index contributed by atoms with van der Waals surface area (Å²) in [5.41, 5.74) is 2.09. The Morgan fingerprint density at radius 1 is 1.03 bits per heavy atom. The van der Waals surface area contributed by atoms with Crippen molar-refractivity contribution in [2.75, 3.05) is 11.9 Å². The Morgan fingerprint density at radius 2 is 1.74 bits per heavy atom. The van der Waals surface area contributed by atoms with E-state index in [0.717, 1.165) is 26.7 Å². The zero-order valence-corrected chi connectivity index (χ0v) is 21.9. The molecule has 3 aromatic carbocycles. The maximum absolute atomic E-state index is 12.7. The van der Waals surface area contributed by atoms with Crippen LogP contribution in [0.4, 0.5) is 10.5 Å². The minimum atomic E-state index is -0.510. The minimum absolute atomic E-state index is 0.244. The van der Waals surface area contributed by atoms with Crippen molar-refractivity contribution in [1.82, 2.24) is 4.90 Å². The molecule has 3 amide bonds. The average molecular weight is 592 g/mol. The average Bonchev–Trinajstić information content (AvgIpc) is 3.08. The summed E-state index contributed by atoms with van der Waals surface area (Å²) in [6, 6.07) is 19.2. The van der Waals surface area contributed by atoms with Crippen molar-refractivity contribution in [3.05, 3.63) is 97.3 Å². The zero-order valence-electron chi connectivity index (χ0n) is 18.0. The van der Waals surface area contributed by atoms with Crippen LogP contribution in [0.1, 0.15) is 11.1 Å². The standard InChI is InChI=1S/C25H17BrCl2N2O4S/c26-17-4-7-19(8-5-17)29-23(31)13-30-24(32)22(35-25(30)33)11-15-1-9-20(10-2-15)34-14-16-3-6-18(27)12-21(16)28/h1-12H,13-14H2,(H,29,31)/b22-11+. The SMILES string of the molecule is O=C(CN1C(=O)S/C(=C/c2ccc(OCc3ccc(Cl)cc3Cl)cc2)C1=O)Nc1ccc(Br)cc1. The van der Waals surface area contributed by atoms with Crippen molar-refractivity contribution >= 4 is 79.7 Å². The molecule has 1 aliphatic rings. The van der Waals surface area contributed by atoms with Gasteiger partial charge < -0.3 is 10.1 Å². The lowest BCUT2D eigenvalue weighted by atomic mass is 10.2. The molecule has 0 aromatic heterocycles. The highest BCUT2D eigenvalue weighted by Gasteiger charge is 2.36. The van der Waals surface area contributed by atoms with Crippen LogP contribution in [0.3, 0.4) is 0 Å². The van der Waals surface area contributed by atoms with E-state index >= 15 is 0 Å². The molecule has 0 radical (unpaired) electrons. The summed E-state index contributed by atoms with van der Waals surface area (Å²) in [5.74, 6) is -0.354. The molecular weight excluding hydrogens is 575 g/mol. The Bertz CT molecular complexity index is 1310. The Kier molecular flexibility index (Phi) is 8.18. The fraction of sp³-hybridized carbons (Fsp3) is 0.0800. The number of halogens is 3. The molecule has 10 heteroatoms. The molecule has 0 saturated carbocycles. The van der Waals surface area contributed by atoms with Gasteiger partial charge >= 0.3 is 0 Å². The number of nitrogens with one attached hydrogen (secondary N) is 1. The van der Waals surface area contributed by atoms with Crippen molar-refractivity contribution in [2.24, 2.45) is 0 Å². The number of anilines is 1. The number of carbonyl (C=O) groups excluding carboxylic acids is 3.